The Bertz CT molecular complexity index is 558. The Labute approximate surface area is 219 Å². The predicted molar refractivity (Wildman–Crippen MR) is 143 cm³/mol. The molecule has 0 amide bonds. The van der Waals surface area contributed by atoms with Crippen molar-refractivity contribution in [1.82, 2.24) is 5.32 Å². The third-order valence-electron chi connectivity index (χ3n) is 6.87. The zero-order chi connectivity index (χ0) is 26.4. The lowest BCUT2D eigenvalue weighted by atomic mass is 9.95. The molecule has 2 unspecified atom stereocenters. The van der Waals surface area contributed by atoms with Gasteiger partial charge in [0.2, 0.25) is 0 Å². The first kappa shape index (κ1) is 32.4. The Morgan fingerprint density at radius 1 is 0.639 bits per heavy atom. The molecule has 0 bridgehead atoms. The molecule has 36 heavy (non-hydrogen) atoms. The molecular weight excluding hydrogens is 458 g/mol. The van der Waals surface area contributed by atoms with Crippen molar-refractivity contribution in [1.29, 1.82) is 0 Å². The van der Waals surface area contributed by atoms with E-state index in [0.717, 1.165) is 51.4 Å². The maximum Gasteiger partial charge on any atom is 0.306 e. The third kappa shape index (κ3) is 16.9. The number of carbonyl (C=O) groups excluding carboxylic acids is 3. The van der Waals surface area contributed by atoms with Crippen LogP contribution >= 0.6 is 0 Å². The van der Waals surface area contributed by atoms with Crippen molar-refractivity contribution >= 4 is 17.9 Å². The largest absolute Gasteiger partial charge is 0.466 e. The Balaban J connectivity index is 2.37. The minimum atomic E-state index is -0.468. The first-order valence-electron chi connectivity index (χ1n) is 14.7. The molecule has 0 radical (unpaired) electrons. The van der Waals surface area contributed by atoms with Crippen molar-refractivity contribution in [3.8, 4) is 0 Å². The van der Waals surface area contributed by atoms with Gasteiger partial charge in [0.1, 0.15) is 6.61 Å². The van der Waals surface area contributed by atoms with Crippen LogP contribution in [0.1, 0.15) is 130 Å². The Hall–Kier alpha value is -1.63. The molecule has 1 fully saturated rings. The van der Waals surface area contributed by atoms with Crippen LogP contribution in [0.15, 0.2) is 0 Å². The smallest absolute Gasteiger partial charge is 0.306 e. The van der Waals surface area contributed by atoms with Crippen molar-refractivity contribution in [2.45, 2.75) is 142 Å². The first-order valence-corrected chi connectivity index (χ1v) is 14.7. The fourth-order valence-corrected chi connectivity index (χ4v) is 4.48. The number of nitrogens with one attached hydrogen (secondary N) is 1. The SMILES string of the molecule is CCCCCCCCOC(=O)CC(CC(=O)OCCCCCCCC)CC(=O)OCC1CC(CC)N1. The van der Waals surface area contributed by atoms with Crippen LogP contribution in [0.3, 0.4) is 0 Å². The van der Waals surface area contributed by atoms with Gasteiger partial charge in [-0.3, -0.25) is 14.4 Å². The molecule has 0 aromatic heterocycles. The molecule has 1 aliphatic heterocycles. The Morgan fingerprint density at radius 3 is 1.50 bits per heavy atom. The highest BCUT2D eigenvalue weighted by atomic mass is 16.5. The summed E-state index contributed by atoms with van der Waals surface area (Å²) in [5.41, 5.74) is 0. The molecule has 1 aliphatic rings. The van der Waals surface area contributed by atoms with E-state index in [4.69, 9.17) is 14.2 Å². The van der Waals surface area contributed by atoms with E-state index in [-0.39, 0.29) is 43.2 Å². The van der Waals surface area contributed by atoms with E-state index < -0.39 is 5.92 Å². The molecule has 1 N–H and O–H groups in total. The number of ether oxygens (including phenoxy) is 3. The van der Waals surface area contributed by atoms with Gasteiger partial charge in [0.25, 0.3) is 0 Å². The van der Waals surface area contributed by atoms with Crippen molar-refractivity contribution in [3.05, 3.63) is 0 Å². The molecule has 0 saturated carbocycles. The summed E-state index contributed by atoms with van der Waals surface area (Å²) >= 11 is 0. The summed E-state index contributed by atoms with van der Waals surface area (Å²) in [5, 5.41) is 3.37. The average molecular weight is 512 g/mol. The highest BCUT2D eigenvalue weighted by Gasteiger charge is 2.28. The van der Waals surface area contributed by atoms with Crippen LogP contribution in [0.5, 0.6) is 0 Å². The number of unbranched alkanes of at least 4 members (excludes halogenated alkanes) is 10. The van der Waals surface area contributed by atoms with Gasteiger partial charge in [-0.25, -0.2) is 0 Å². The molecule has 0 aliphatic carbocycles. The summed E-state index contributed by atoms with van der Waals surface area (Å²) in [4.78, 5) is 37.2. The molecule has 1 saturated heterocycles. The lowest BCUT2D eigenvalue weighted by molar-refractivity contribution is -0.150. The van der Waals surface area contributed by atoms with Gasteiger partial charge in [0, 0.05) is 31.3 Å². The second kappa shape index (κ2) is 21.5. The first-order chi connectivity index (χ1) is 17.5. The van der Waals surface area contributed by atoms with Crippen LogP contribution in [-0.2, 0) is 28.6 Å². The molecule has 1 heterocycles. The van der Waals surface area contributed by atoms with Crippen LogP contribution in [0.25, 0.3) is 0 Å². The fraction of sp³-hybridized carbons (Fsp3) is 0.897. The minimum Gasteiger partial charge on any atom is -0.466 e. The van der Waals surface area contributed by atoms with E-state index in [1.165, 1.54) is 38.5 Å². The second-order valence-corrected chi connectivity index (χ2v) is 10.3. The van der Waals surface area contributed by atoms with Gasteiger partial charge in [-0.15, -0.1) is 0 Å². The zero-order valence-electron chi connectivity index (χ0n) is 23.3. The van der Waals surface area contributed by atoms with E-state index in [9.17, 15) is 14.4 Å². The summed E-state index contributed by atoms with van der Waals surface area (Å²) in [6, 6.07) is 0.700. The number of rotatable bonds is 23. The third-order valence-corrected chi connectivity index (χ3v) is 6.87. The van der Waals surface area contributed by atoms with E-state index in [2.05, 4.69) is 26.1 Å². The van der Waals surface area contributed by atoms with Crippen molar-refractivity contribution in [3.63, 3.8) is 0 Å². The van der Waals surface area contributed by atoms with Crippen LogP contribution in [0.4, 0.5) is 0 Å². The standard InChI is InChI=1S/C29H53NO6/c1-4-7-9-11-13-15-17-34-27(31)19-24(20-28(32)35-18-16-14-12-10-8-5-2)21-29(33)36-23-26-22-25(6-3)30-26/h24-26,30H,4-23H2,1-3H3. The van der Waals surface area contributed by atoms with Crippen LogP contribution in [0, 0.1) is 5.92 Å². The molecule has 210 valence electrons. The van der Waals surface area contributed by atoms with Gasteiger partial charge in [-0.2, -0.15) is 0 Å². The summed E-state index contributed by atoms with van der Waals surface area (Å²) < 4.78 is 16.2. The summed E-state index contributed by atoms with van der Waals surface area (Å²) in [6.45, 7) is 7.59. The van der Waals surface area contributed by atoms with Gasteiger partial charge in [-0.1, -0.05) is 85.0 Å². The monoisotopic (exact) mass is 511 g/mol. The Kier molecular flexibility index (Phi) is 19.3. The van der Waals surface area contributed by atoms with E-state index in [1.807, 2.05) is 0 Å². The maximum absolute atomic E-state index is 12.4. The van der Waals surface area contributed by atoms with Gasteiger partial charge in [0.15, 0.2) is 0 Å². The predicted octanol–water partition coefficient (Wildman–Crippen LogP) is 6.26. The summed E-state index contributed by atoms with van der Waals surface area (Å²) in [6.07, 6.45) is 15.5. The molecule has 0 spiro atoms. The molecule has 1 rings (SSSR count). The molecule has 0 aromatic rings. The number of esters is 3. The van der Waals surface area contributed by atoms with E-state index in [0.29, 0.717) is 25.9 Å². The van der Waals surface area contributed by atoms with Gasteiger partial charge < -0.3 is 19.5 Å². The lowest BCUT2D eigenvalue weighted by Gasteiger charge is -2.36. The quantitative estimate of drug-likeness (QED) is 0.0983. The van der Waals surface area contributed by atoms with Crippen molar-refractivity contribution in [2.24, 2.45) is 5.92 Å². The van der Waals surface area contributed by atoms with Crippen molar-refractivity contribution in [2.75, 3.05) is 19.8 Å². The normalized spacial score (nSPS) is 17.0. The van der Waals surface area contributed by atoms with E-state index >= 15 is 0 Å². The number of carbonyl (C=O) groups is 3. The molecular formula is C29H53NO6. The van der Waals surface area contributed by atoms with Gasteiger partial charge in [-0.05, 0) is 31.6 Å². The highest BCUT2D eigenvalue weighted by molar-refractivity contribution is 5.76. The van der Waals surface area contributed by atoms with Crippen LogP contribution < -0.4 is 5.32 Å². The molecule has 7 heteroatoms. The van der Waals surface area contributed by atoms with Crippen LogP contribution in [0.2, 0.25) is 0 Å². The van der Waals surface area contributed by atoms with Crippen LogP contribution in [-0.4, -0.2) is 49.8 Å². The molecule has 2 atom stereocenters. The van der Waals surface area contributed by atoms with Crippen molar-refractivity contribution < 1.29 is 28.6 Å². The molecule has 7 nitrogen and oxygen atoms in total. The zero-order valence-corrected chi connectivity index (χ0v) is 23.3. The number of hydrogen-bond acceptors (Lipinski definition) is 7. The van der Waals surface area contributed by atoms with Gasteiger partial charge >= 0.3 is 17.9 Å². The Morgan fingerprint density at radius 2 is 1.06 bits per heavy atom. The fourth-order valence-electron chi connectivity index (χ4n) is 4.48. The molecule has 0 aromatic carbocycles. The van der Waals surface area contributed by atoms with E-state index in [1.54, 1.807) is 0 Å². The minimum absolute atomic E-state index is 0.0160. The topological polar surface area (TPSA) is 90.9 Å². The second-order valence-electron chi connectivity index (χ2n) is 10.3. The van der Waals surface area contributed by atoms with Gasteiger partial charge in [0.05, 0.1) is 13.2 Å². The average Bonchev–Trinajstić information content (AvgIpc) is 2.82. The highest BCUT2D eigenvalue weighted by Crippen LogP contribution is 2.19. The summed E-state index contributed by atoms with van der Waals surface area (Å²) in [5.74, 6) is -1.58. The maximum atomic E-state index is 12.4. The number of hydrogen-bond donors (Lipinski definition) is 1. The lowest BCUT2D eigenvalue weighted by Crippen LogP contribution is -2.54. The summed E-state index contributed by atoms with van der Waals surface area (Å²) in [7, 11) is 0.